The van der Waals surface area contributed by atoms with E-state index in [1.165, 1.54) is 23.9 Å². The summed E-state index contributed by atoms with van der Waals surface area (Å²) < 4.78 is 59.2. The van der Waals surface area contributed by atoms with Gasteiger partial charge in [-0.05, 0) is 71.9 Å². The first-order valence-electron chi connectivity index (χ1n) is 22.3. The third kappa shape index (κ3) is 8.66. The fourth-order valence-corrected chi connectivity index (χ4v) is 12.1. The fraction of sp³-hybridized carbons (Fsp3) is 0.361. The quantitative estimate of drug-likeness (QED) is 0.0580. The highest BCUT2D eigenvalue weighted by molar-refractivity contribution is 7.98. The number of hydrogen-bond acceptors (Lipinski definition) is 5. The van der Waals surface area contributed by atoms with Gasteiger partial charge in [0, 0.05) is 27.9 Å². The number of aromatic nitrogens is 2. The first kappa shape index (κ1) is 51.1. The molecule has 1 amide bonds. The van der Waals surface area contributed by atoms with Crippen LogP contribution in [0.3, 0.4) is 0 Å². The largest absolute Gasteiger partial charge is 0.415 e. The Morgan fingerprint density at radius 3 is 1.62 bits per heavy atom. The van der Waals surface area contributed by atoms with Gasteiger partial charge in [-0.2, -0.15) is 18.2 Å². The number of benzene rings is 3. The second kappa shape index (κ2) is 18.0. The van der Waals surface area contributed by atoms with E-state index in [4.69, 9.17) is 0 Å². The van der Waals surface area contributed by atoms with Gasteiger partial charge in [0.15, 0.2) is 5.16 Å². The molecular weight excluding hydrogens is 801 g/mol. The van der Waals surface area contributed by atoms with Gasteiger partial charge in [0.25, 0.3) is 5.56 Å². The molecule has 0 unspecified atom stereocenters. The van der Waals surface area contributed by atoms with Gasteiger partial charge in [-0.25, -0.2) is 4.39 Å². The van der Waals surface area contributed by atoms with Crippen molar-refractivity contribution in [3.05, 3.63) is 68.4 Å². The molecule has 0 N–H and O–H groups in total. The molecule has 63 heavy (non-hydrogen) atoms. The van der Waals surface area contributed by atoms with Crippen LogP contribution >= 0.6 is 11.8 Å². The van der Waals surface area contributed by atoms with Gasteiger partial charge in [0.2, 0.25) is 5.91 Å². The van der Waals surface area contributed by atoms with E-state index in [1.807, 2.05) is 20.3 Å². The number of likely N-dealkylation sites (N-methyl/N-ethyl adjacent to an activating group) is 1. The van der Waals surface area contributed by atoms with Crippen LogP contribution in [0.4, 0.5) is 17.6 Å². The molecule has 0 bridgehead atoms. The summed E-state index contributed by atoms with van der Waals surface area (Å²) in [5.74, 6) is -0.0487. The Kier molecular flexibility index (Phi) is 14.6. The summed E-state index contributed by atoms with van der Waals surface area (Å²) in [5, 5.41) is -3.15. The molecule has 1 aliphatic carbocycles. The monoisotopic (exact) mass is 859 g/mol. The van der Waals surface area contributed by atoms with Gasteiger partial charge in [-0.3, -0.25) is 9.59 Å². The van der Waals surface area contributed by atoms with Crippen molar-refractivity contribution in [1.82, 2.24) is 19.4 Å². The van der Waals surface area contributed by atoms with Gasteiger partial charge >= 0.3 is 6.18 Å². The van der Waals surface area contributed by atoms with E-state index < -0.39 is 33.1 Å². The SMILES string of the molecule is Bc1c(B)c(C(F)(F)F)c(B)c(B)c1-c1c(B)c(B)c(C(B)(B)N(C(=O)C(B)(B)n2c(SCc3ccc(F)cc3)nc(=O)c3c2CCC3)C(B)(B)C(B)(B)N(CC)CC)c(B)c1B. The molecular formula is C36H54B16F4N4O2S. The van der Waals surface area contributed by atoms with Crippen molar-refractivity contribution in [3.63, 3.8) is 0 Å². The first-order chi connectivity index (χ1) is 28.9. The minimum atomic E-state index is -4.48. The Balaban J connectivity index is 1.81. The molecule has 0 spiro atoms. The number of fused-ring (bicyclic) bond motifs is 1. The second-order valence-electron chi connectivity index (χ2n) is 19.8. The van der Waals surface area contributed by atoms with Gasteiger partial charge in [0.1, 0.15) is 131 Å². The van der Waals surface area contributed by atoms with Gasteiger partial charge in [-0.15, -0.1) is 0 Å². The molecule has 0 radical (unpaired) electrons. The normalized spacial score (nSPS) is 13.6. The van der Waals surface area contributed by atoms with E-state index >= 15 is 4.79 Å². The Morgan fingerprint density at radius 2 is 1.17 bits per heavy atom. The number of halogens is 4. The van der Waals surface area contributed by atoms with Crippen molar-refractivity contribution in [2.45, 2.75) is 71.5 Å². The average molecular weight is 856 g/mol. The van der Waals surface area contributed by atoms with E-state index in [9.17, 15) is 22.4 Å². The number of carbonyl (C=O) groups excluding carboxylic acids is 1. The molecule has 5 rings (SSSR count). The van der Waals surface area contributed by atoms with Crippen molar-refractivity contribution < 1.29 is 22.4 Å². The molecule has 312 valence electrons. The smallest absolute Gasteiger partial charge is 0.358 e. The topological polar surface area (TPSA) is 58.4 Å². The summed E-state index contributed by atoms with van der Waals surface area (Å²) in [6.07, 6.45) is -2.48. The van der Waals surface area contributed by atoms with Crippen molar-refractivity contribution >= 4 is 187 Å². The number of alkyl halides is 3. The van der Waals surface area contributed by atoms with Crippen LogP contribution in [0.2, 0.25) is 0 Å². The zero-order chi connectivity index (χ0) is 47.7. The number of hydrogen-bond donors (Lipinski definition) is 0. The van der Waals surface area contributed by atoms with E-state index in [-0.39, 0.29) is 28.2 Å². The lowest BCUT2D eigenvalue weighted by Crippen LogP contribution is -2.80. The maximum atomic E-state index is 16.4. The van der Waals surface area contributed by atoms with E-state index in [2.05, 4.69) is 107 Å². The van der Waals surface area contributed by atoms with Gasteiger partial charge in [0.05, 0.1) is 5.34 Å². The molecule has 1 aliphatic rings. The number of thioether (sulfide) groups is 1. The minimum absolute atomic E-state index is 0.139. The van der Waals surface area contributed by atoms with Crippen LogP contribution in [0.5, 0.6) is 0 Å². The highest BCUT2D eigenvalue weighted by Gasteiger charge is 2.54. The van der Waals surface area contributed by atoms with Crippen molar-refractivity contribution in [2.75, 3.05) is 13.1 Å². The van der Waals surface area contributed by atoms with E-state index in [0.29, 0.717) is 40.2 Å². The number of carbonyl (C=O) groups is 1. The molecule has 4 aromatic rings. The first-order valence-corrected chi connectivity index (χ1v) is 23.3. The molecule has 0 atom stereocenters. The van der Waals surface area contributed by atoms with E-state index in [1.54, 1.807) is 43.5 Å². The Bertz CT molecular complexity index is 2480. The van der Waals surface area contributed by atoms with E-state index in [0.717, 1.165) is 69.3 Å². The third-order valence-corrected chi connectivity index (χ3v) is 16.2. The lowest BCUT2D eigenvalue weighted by Gasteiger charge is -2.62. The Labute approximate surface area is 390 Å². The van der Waals surface area contributed by atoms with Crippen LogP contribution < -0.4 is 49.3 Å². The van der Waals surface area contributed by atoms with Crippen LogP contribution in [0, 0.1) is 5.82 Å². The highest BCUT2D eigenvalue weighted by atomic mass is 32.2. The summed E-state index contributed by atoms with van der Waals surface area (Å²) >= 11 is 1.37. The summed E-state index contributed by atoms with van der Waals surface area (Å²) in [7, 11) is 31.8. The zero-order valence-corrected chi connectivity index (χ0v) is 41.9. The second-order valence-corrected chi connectivity index (χ2v) is 20.7. The average Bonchev–Trinajstić information content (AvgIpc) is 3.67. The maximum absolute atomic E-state index is 16.4. The molecule has 0 saturated carbocycles. The maximum Gasteiger partial charge on any atom is 0.415 e. The molecule has 6 nitrogen and oxygen atoms in total. The molecule has 3 aromatic carbocycles. The number of rotatable bonds is 13. The van der Waals surface area contributed by atoms with Gasteiger partial charge in [-0.1, -0.05) is 87.0 Å². The molecule has 0 fully saturated rings. The van der Waals surface area contributed by atoms with Crippen molar-refractivity contribution in [2.24, 2.45) is 0 Å². The number of amides is 1. The summed E-state index contributed by atoms with van der Waals surface area (Å²) in [6.45, 7) is 5.79. The van der Waals surface area contributed by atoms with Crippen molar-refractivity contribution in [3.8, 4) is 11.1 Å². The molecule has 1 aromatic heterocycles. The van der Waals surface area contributed by atoms with Crippen LogP contribution in [0.15, 0.2) is 34.2 Å². The third-order valence-electron chi connectivity index (χ3n) is 15.2. The molecule has 1 heterocycles. The van der Waals surface area contributed by atoms with Crippen LogP contribution in [-0.4, -0.2) is 175 Å². The van der Waals surface area contributed by atoms with Crippen molar-refractivity contribution in [1.29, 1.82) is 0 Å². The lowest BCUT2D eigenvalue weighted by molar-refractivity contribution is -0.139. The Morgan fingerprint density at radius 1 is 0.714 bits per heavy atom. The highest BCUT2D eigenvalue weighted by Crippen LogP contribution is 2.38. The summed E-state index contributed by atoms with van der Waals surface area (Å²) in [6, 6.07) is 6.28. The Hall–Kier alpha value is -2.92. The molecule has 0 aliphatic heterocycles. The fourth-order valence-electron chi connectivity index (χ4n) is 11.0. The predicted octanol–water partition coefficient (Wildman–Crippen LogP) is -15.1. The zero-order valence-electron chi connectivity index (χ0n) is 41.1. The van der Waals surface area contributed by atoms with Crippen LogP contribution in [0.1, 0.15) is 48.2 Å². The van der Waals surface area contributed by atoms with Crippen LogP contribution in [0.25, 0.3) is 11.1 Å². The standard InChI is InChI=1S/C36H54B16F4N4O2S/c1-3-58(4-2)35(49,50)36(51,52)60(30(62)33(47,48)59-16-7-5-6-15(16)29(61)57-31(59)63-12-13-8-10-14(53)11-9-13)32(45,46)19-25(41)21(37)17(22(38)26(19)42)18-23(39)27(43)20(34(54,55)56)28(44)24(18)40/h8-11H,3-7,12,37-52H2,1-2H3. The predicted molar refractivity (Wildman–Crippen MR) is 302 cm³/mol. The number of nitrogens with zero attached hydrogens (tertiary/aromatic N) is 4. The molecule has 0 saturated heterocycles. The lowest BCUT2D eigenvalue weighted by atomic mass is 9.34. The molecule has 27 heteroatoms. The summed E-state index contributed by atoms with van der Waals surface area (Å²) in [4.78, 5) is 39.2. The summed E-state index contributed by atoms with van der Waals surface area (Å²) in [5.41, 5.74) is 9.77. The van der Waals surface area contributed by atoms with Gasteiger partial charge < -0.3 is 14.4 Å². The van der Waals surface area contributed by atoms with Crippen LogP contribution in [-0.2, 0) is 40.2 Å². The minimum Gasteiger partial charge on any atom is -0.358 e.